The number of sulfonamides is 1. The van der Waals surface area contributed by atoms with Crippen molar-refractivity contribution in [2.45, 2.75) is 19.4 Å². The molecule has 0 aliphatic carbocycles. The first kappa shape index (κ1) is 18.0. The van der Waals surface area contributed by atoms with E-state index in [1.807, 2.05) is 6.92 Å². The third-order valence-electron chi connectivity index (χ3n) is 4.03. The van der Waals surface area contributed by atoms with Crippen molar-refractivity contribution in [3.63, 3.8) is 0 Å². The molecule has 0 unspecified atom stereocenters. The molecule has 8 heteroatoms. The van der Waals surface area contributed by atoms with Crippen LogP contribution in [0.15, 0.2) is 36.4 Å². The SMILES string of the molecule is C[C@H]1Cc2cc(C(=O)Nc3ccc(Cl)c(Cl)c3)ccc2N1S(C)(=O)=O. The molecule has 0 saturated heterocycles. The van der Waals surface area contributed by atoms with Crippen molar-refractivity contribution in [2.24, 2.45) is 0 Å². The summed E-state index contributed by atoms with van der Waals surface area (Å²) in [4.78, 5) is 12.5. The zero-order valence-corrected chi connectivity index (χ0v) is 15.9. The number of nitrogens with zero attached hydrogens (tertiary/aromatic N) is 1. The number of benzene rings is 2. The van der Waals surface area contributed by atoms with Gasteiger partial charge in [-0.05, 0) is 55.3 Å². The van der Waals surface area contributed by atoms with Gasteiger partial charge in [0.15, 0.2) is 0 Å². The molecule has 0 spiro atoms. The largest absolute Gasteiger partial charge is 0.322 e. The molecule has 3 rings (SSSR count). The van der Waals surface area contributed by atoms with E-state index in [1.54, 1.807) is 36.4 Å². The lowest BCUT2D eigenvalue weighted by molar-refractivity contribution is 0.102. The number of anilines is 2. The molecule has 132 valence electrons. The number of rotatable bonds is 3. The predicted molar refractivity (Wildman–Crippen MR) is 101 cm³/mol. The maximum Gasteiger partial charge on any atom is 0.255 e. The van der Waals surface area contributed by atoms with E-state index in [4.69, 9.17) is 23.2 Å². The van der Waals surface area contributed by atoms with Gasteiger partial charge in [0, 0.05) is 17.3 Å². The molecule has 25 heavy (non-hydrogen) atoms. The molecule has 0 radical (unpaired) electrons. The van der Waals surface area contributed by atoms with E-state index < -0.39 is 10.0 Å². The summed E-state index contributed by atoms with van der Waals surface area (Å²) >= 11 is 11.8. The van der Waals surface area contributed by atoms with E-state index >= 15 is 0 Å². The van der Waals surface area contributed by atoms with Crippen LogP contribution in [0.5, 0.6) is 0 Å². The van der Waals surface area contributed by atoms with Gasteiger partial charge < -0.3 is 5.32 Å². The van der Waals surface area contributed by atoms with Gasteiger partial charge in [0.05, 0.1) is 22.0 Å². The van der Waals surface area contributed by atoms with Crippen LogP contribution in [0.2, 0.25) is 10.0 Å². The highest BCUT2D eigenvalue weighted by Gasteiger charge is 2.32. The average Bonchev–Trinajstić information content (AvgIpc) is 2.85. The molecular formula is C17H16Cl2N2O3S. The molecule has 1 heterocycles. The lowest BCUT2D eigenvalue weighted by Crippen LogP contribution is -2.34. The van der Waals surface area contributed by atoms with Crippen LogP contribution < -0.4 is 9.62 Å². The van der Waals surface area contributed by atoms with Crippen LogP contribution in [-0.2, 0) is 16.4 Å². The van der Waals surface area contributed by atoms with E-state index in [0.717, 1.165) is 5.56 Å². The summed E-state index contributed by atoms with van der Waals surface area (Å²) in [5, 5.41) is 3.52. The summed E-state index contributed by atoms with van der Waals surface area (Å²) in [5.74, 6) is -0.299. The fraction of sp³-hybridized carbons (Fsp3) is 0.235. The van der Waals surface area contributed by atoms with Crippen LogP contribution >= 0.6 is 23.2 Å². The Labute approximate surface area is 156 Å². The van der Waals surface area contributed by atoms with Crippen molar-refractivity contribution in [1.29, 1.82) is 0 Å². The number of hydrogen-bond donors (Lipinski definition) is 1. The monoisotopic (exact) mass is 398 g/mol. The number of carbonyl (C=O) groups is 1. The van der Waals surface area contributed by atoms with Crippen LogP contribution in [0.4, 0.5) is 11.4 Å². The Morgan fingerprint density at radius 2 is 1.88 bits per heavy atom. The lowest BCUT2D eigenvalue weighted by atomic mass is 10.1. The summed E-state index contributed by atoms with van der Waals surface area (Å²) in [6, 6.07) is 9.68. The Balaban J connectivity index is 1.86. The zero-order chi connectivity index (χ0) is 18.4. The first-order valence-electron chi connectivity index (χ1n) is 7.55. The molecule has 2 aromatic rings. The summed E-state index contributed by atoms with van der Waals surface area (Å²) in [6.45, 7) is 1.84. The average molecular weight is 399 g/mol. The van der Waals surface area contributed by atoms with Gasteiger partial charge in [-0.1, -0.05) is 23.2 Å². The minimum atomic E-state index is -3.35. The number of carbonyl (C=O) groups excluding carboxylic acids is 1. The zero-order valence-electron chi connectivity index (χ0n) is 13.6. The molecule has 0 saturated carbocycles. The van der Waals surface area contributed by atoms with Gasteiger partial charge in [0.2, 0.25) is 10.0 Å². The standard InChI is InChI=1S/C17H16Cl2N2O3S/c1-10-7-12-8-11(3-6-16(12)21(10)25(2,23)24)17(22)20-13-4-5-14(18)15(19)9-13/h3-6,8-10H,7H2,1-2H3,(H,20,22)/t10-/m0/s1. The fourth-order valence-corrected chi connectivity index (χ4v) is 4.59. The third-order valence-corrected chi connectivity index (χ3v) is 6.04. The minimum Gasteiger partial charge on any atom is -0.322 e. The van der Waals surface area contributed by atoms with Gasteiger partial charge >= 0.3 is 0 Å². The summed E-state index contributed by atoms with van der Waals surface area (Å²) < 4.78 is 25.3. The number of halogens is 2. The Morgan fingerprint density at radius 1 is 1.16 bits per heavy atom. The van der Waals surface area contributed by atoms with Crippen LogP contribution in [0.3, 0.4) is 0 Å². The van der Waals surface area contributed by atoms with Gasteiger partial charge in [-0.2, -0.15) is 0 Å². The van der Waals surface area contributed by atoms with E-state index in [-0.39, 0.29) is 11.9 Å². The predicted octanol–water partition coefficient (Wildman–Crippen LogP) is 3.96. The molecule has 1 aliphatic rings. The van der Waals surface area contributed by atoms with Crippen LogP contribution in [0, 0.1) is 0 Å². The fourth-order valence-electron chi connectivity index (χ4n) is 3.03. The lowest BCUT2D eigenvalue weighted by Gasteiger charge is -2.21. The Hall–Kier alpha value is -1.76. The highest BCUT2D eigenvalue weighted by Crippen LogP contribution is 2.35. The van der Waals surface area contributed by atoms with Crippen molar-refractivity contribution in [2.75, 3.05) is 15.9 Å². The Bertz CT molecular complexity index is 960. The second kappa shape index (κ2) is 6.52. The number of hydrogen-bond acceptors (Lipinski definition) is 3. The summed E-state index contributed by atoms with van der Waals surface area (Å²) in [6.07, 6.45) is 1.75. The number of fused-ring (bicyclic) bond motifs is 1. The van der Waals surface area contributed by atoms with Gasteiger partial charge in [0.25, 0.3) is 5.91 Å². The van der Waals surface area contributed by atoms with Gasteiger partial charge in [-0.15, -0.1) is 0 Å². The molecule has 5 nitrogen and oxygen atoms in total. The van der Waals surface area contributed by atoms with Gasteiger partial charge in [-0.25, -0.2) is 8.42 Å². The van der Waals surface area contributed by atoms with Crippen molar-refractivity contribution in [3.05, 3.63) is 57.6 Å². The Kier molecular flexibility index (Phi) is 4.70. The van der Waals surface area contributed by atoms with E-state index in [9.17, 15) is 13.2 Å². The second-order valence-corrected chi connectivity index (χ2v) is 8.71. The summed E-state index contributed by atoms with van der Waals surface area (Å²) in [5.41, 5.74) is 2.44. The van der Waals surface area contributed by atoms with Crippen LogP contribution in [0.1, 0.15) is 22.8 Å². The first-order chi connectivity index (χ1) is 11.7. The van der Waals surface area contributed by atoms with Crippen LogP contribution in [0.25, 0.3) is 0 Å². The van der Waals surface area contributed by atoms with Crippen LogP contribution in [-0.4, -0.2) is 26.6 Å². The normalized spacial score (nSPS) is 16.6. The van der Waals surface area contributed by atoms with Crippen molar-refractivity contribution >= 4 is 50.5 Å². The molecular weight excluding hydrogens is 383 g/mol. The first-order valence-corrected chi connectivity index (χ1v) is 10.2. The van der Waals surface area contributed by atoms with Crippen molar-refractivity contribution in [3.8, 4) is 0 Å². The quantitative estimate of drug-likeness (QED) is 0.850. The molecule has 0 aromatic heterocycles. The van der Waals surface area contributed by atoms with Gasteiger partial charge in [-0.3, -0.25) is 9.10 Å². The summed E-state index contributed by atoms with van der Waals surface area (Å²) in [7, 11) is -3.35. The van der Waals surface area contributed by atoms with Gasteiger partial charge in [0.1, 0.15) is 0 Å². The molecule has 2 aromatic carbocycles. The Morgan fingerprint density at radius 3 is 2.52 bits per heavy atom. The molecule has 0 bridgehead atoms. The van der Waals surface area contributed by atoms with E-state index in [2.05, 4.69) is 5.32 Å². The molecule has 1 N–H and O–H groups in total. The maximum atomic E-state index is 12.5. The van der Waals surface area contributed by atoms with Crippen molar-refractivity contribution in [1.82, 2.24) is 0 Å². The highest BCUT2D eigenvalue weighted by atomic mass is 35.5. The topological polar surface area (TPSA) is 66.5 Å². The van der Waals surface area contributed by atoms with E-state index in [0.29, 0.717) is 33.4 Å². The molecule has 0 fully saturated rings. The molecule has 1 amide bonds. The molecule has 1 aliphatic heterocycles. The smallest absolute Gasteiger partial charge is 0.255 e. The van der Waals surface area contributed by atoms with Crippen molar-refractivity contribution < 1.29 is 13.2 Å². The highest BCUT2D eigenvalue weighted by molar-refractivity contribution is 7.92. The maximum absolute atomic E-state index is 12.5. The molecule has 1 atom stereocenters. The third kappa shape index (κ3) is 3.61. The second-order valence-electron chi connectivity index (χ2n) is 6.04. The van der Waals surface area contributed by atoms with E-state index in [1.165, 1.54) is 10.6 Å². The number of amides is 1. The number of nitrogens with one attached hydrogen (secondary N) is 1. The minimum absolute atomic E-state index is 0.168.